The van der Waals surface area contributed by atoms with E-state index in [4.69, 9.17) is 20.9 Å². The van der Waals surface area contributed by atoms with Gasteiger partial charge in [0, 0.05) is 16.8 Å². The third-order valence-corrected chi connectivity index (χ3v) is 5.31. The van der Waals surface area contributed by atoms with Crippen LogP contribution in [-0.4, -0.2) is 31.6 Å². The van der Waals surface area contributed by atoms with Gasteiger partial charge >= 0.3 is 0 Å². The molecule has 2 aromatic carbocycles. The Bertz CT molecular complexity index is 1160. The summed E-state index contributed by atoms with van der Waals surface area (Å²) < 4.78 is 12.7. The van der Waals surface area contributed by atoms with Crippen molar-refractivity contribution in [2.45, 2.75) is 18.7 Å². The molecule has 0 spiro atoms. The minimum absolute atomic E-state index is 0.134. The Morgan fingerprint density at radius 1 is 1.16 bits per heavy atom. The first-order valence-electron chi connectivity index (χ1n) is 9.32. The predicted molar refractivity (Wildman–Crippen MR) is 118 cm³/mol. The van der Waals surface area contributed by atoms with Crippen molar-refractivity contribution in [1.29, 1.82) is 0 Å². The smallest absolute Gasteiger partial charge is 0.236 e. The summed E-state index contributed by atoms with van der Waals surface area (Å²) in [6, 6.07) is 18.4. The lowest BCUT2D eigenvalue weighted by atomic mass is 10.3. The number of aryl methyl sites for hydroxylation is 1. The zero-order chi connectivity index (χ0) is 21.6. The second kappa shape index (κ2) is 9.67. The second-order valence-corrected chi connectivity index (χ2v) is 7.85. The van der Waals surface area contributed by atoms with Crippen molar-refractivity contribution in [3.8, 4) is 11.4 Å². The molecule has 0 fully saturated rings. The third kappa shape index (κ3) is 5.44. The van der Waals surface area contributed by atoms with E-state index in [9.17, 15) is 4.79 Å². The lowest BCUT2D eigenvalue weighted by Gasteiger charge is -2.11. The number of hydrogen-bond donors (Lipinski definition) is 1. The molecule has 10 heteroatoms. The molecule has 2 heterocycles. The molecule has 0 bridgehead atoms. The van der Waals surface area contributed by atoms with Gasteiger partial charge in [0.05, 0.1) is 5.75 Å². The highest BCUT2D eigenvalue weighted by Crippen LogP contribution is 2.24. The summed E-state index contributed by atoms with van der Waals surface area (Å²) in [5.74, 6) is 2.19. The van der Waals surface area contributed by atoms with Crippen LogP contribution in [0.4, 0.5) is 5.82 Å². The molecule has 1 amide bonds. The molecule has 4 aromatic rings. The molecule has 0 saturated heterocycles. The van der Waals surface area contributed by atoms with Crippen LogP contribution in [0, 0.1) is 6.92 Å². The number of carbonyl (C=O) groups is 1. The number of para-hydroxylation sites is 1. The van der Waals surface area contributed by atoms with Crippen molar-refractivity contribution in [1.82, 2.24) is 19.9 Å². The van der Waals surface area contributed by atoms with E-state index in [-0.39, 0.29) is 18.3 Å². The molecule has 2 aromatic heterocycles. The van der Waals surface area contributed by atoms with Crippen molar-refractivity contribution < 1.29 is 14.1 Å². The Morgan fingerprint density at radius 3 is 2.65 bits per heavy atom. The van der Waals surface area contributed by atoms with Crippen LogP contribution < -0.4 is 10.1 Å². The molecule has 8 nitrogen and oxygen atoms in total. The number of rotatable bonds is 8. The monoisotopic (exact) mass is 455 g/mol. The number of benzene rings is 2. The molecule has 158 valence electrons. The number of nitrogens with one attached hydrogen (secondary N) is 1. The van der Waals surface area contributed by atoms with Gasteiger partial charge in [-0.2, -0.15) is 0 Å². The van der Waals surface area contributed by atoms with E-state index in [1.807, 2.05) is 34.9 Å². The van der Waals surface area contributed by atoms with E-state index in [1.165, 1.54) is 11.8 Å². The molecule has 0 aliphatic rings. The number of carbonyl (C=O) groups excluding carboxylic acids is 1. The number of nitrogens with zero attached hydrogens (tertiary/aromatic N) is 4. The van der Waals surface area contributed by atoms with Gasteiger partial charge in [-0.25, -0.2) is 0 Å². The Balaban J connectivity index is 1.49. The number of halogens is 1. The molecule has 1 N–H and O–H groups in total. The fourth-order valence-corrected chi connectivity index (χ4v) is 3.63. The van der Waals surface area contributed by atoms with Crippen LogP contribution in [0.5, 0.6) is 5.75 Å². The van der Waals surface area contributed by atoms with Crippen LogP contribution in [0.3, 0.4) is 0 Å². The maximum atomic E-state index is 12.3. The van der Waals surface area contributed by atoms with E-state index < -0.39 is 0 Å². The SMILES string of the molecule is Cc1cc(NC(=O)CSc2nnc(COc3ccc(Cl)cc3)n2-c2ccccc2)no1. The van der Waals surface area contributed by atoms with Crippen molar-refractivity contribution in [2.24, 2.45) is 0 Å². The van der Waals surface area contributed by atoms with Crippen LogP contribution in [0.15, 0.2) is 70.3 Å². The summed E-state index contributed by atoms with van der Waals surface area (Å²) in [4.78, 5) is 12.3. The van der Waals surface area contributed by atoms with Crippen LogP contribution in [-0.2, 0) is 11.4 Å². The van der Waals surface area contributed by atoms with Gasteiger partial charge in [0.1, 0.15) is 18.1 Å². The van der Waals surface area contributed by atoms with Crippen LogP contribution >= 0.6 is 23.4 Å². The first-order valence-corrected chi connectivity index (χ1v) is 10.7. The van der Waals surface area contributed by atoms with Gasteiger partial charge in [0.2, 0.25) is 5.91 Å². The van der Waals surface area contributed by atoms with Crippen LogP contribution in [0.1, 0.15) is 11.6 Å². The van der Waals surface area contributed by atoms with Crippen molar-refractivity contribution in [3.63, 3.8) is 0 Å². The predicted octanol–water partition coefficient (Wildman–Crippen LogP) is 4.53. The zero-order valence-electron chi connectivity index (χ0n) is 16.5. The summed E-state index contributed by atoms with van der Waals surface area (Å²) in [6.07, 6.45) is 0. The summed E-state index contributed by atoms with van der Waals surface area (Å²) in [5.41, 5.74) is 0.872. The lowest BCUT2D eigenvalue weighted by molar-refractivity contribution is -0.113. The number of amides is 1. The van der Waals surface area contributed by atoms with Crippen molar-refractivity contribution in [3.05, 3.63) is 77.3 Å². The molecular formula is C21H18ClN5O3S. The Morgan fingerprint density at radius 2 is 1.94 bits per heavy atom. The second-order valence-electron chi connectivity index (χ2n) is 6.47. The number of thioether (sulfide) groups is 1. The first kappa shape index (κ1) is 21.0. The molecule has 4 rings (SSSR count). The van der Waals surface area contributed by atoms with E-state index in [2.05, 4.69) is 20.7 Å². The standard InChI is InChI=1S/C21H18ClN5O3S/c1-14-11-18(26-30-14)23-20(28)13-31-21-25-24-19(27(21)16-5-3-2-4-6-16)12-29-17-9-7-15(22)8-10-17/h2-11H,12-13H2,1H3,(H,23,26,28). The molecule has 0 unspecified atom stereocenters. The number of aromatic nitrogens is 4. The highest BCUT2D eigenvalue weighted by molar-refractivity contribution is 7.99. The zero-order valence-corrected chi connectivity index (χ0v) is 18.1. The minimum atomic E-state index is -0.222. The maximum absolute atomic E-state index is 12.3. The average Bonchev–Trinajstić information content (AvgIpc) is 3.38. The molecule has 0 atom stereocenters. The summed E-state index contributed by atoms with van der Waals surface area (Å²) in [7, 11) is 0. The van der Waals surface area contributed by atoms with E-state index in [0.717, 1.165) is 5.69 Å². The molecule has 0 saturated carbocycles. The van der Waals surface area contributed by atoms with Crippen molar-refractivity contribution >= 4 is 35.1 Å². The summed E-state index contributed by atoms with van der Waals surface area (Å²) in [5, 5.41) is 16.2. The highest BCUT2D eigenvalue weighted by atomic mass is 35.5. The van der Waals surface area contributed by atoms with Gasteiger partial charge in [-0.3, -0.25) is 9.36 Å². The minimum Gasteiger partial charge on any atom is -0.486 e. The molecule has 0 radical (unpaired) electrons. The topological polar surface area (TPSA) is 95.1 Å². The summed E-state index contributed by atoms with van der Waals surface area (Å²) in [6.45, 7) is 1.96. The number of hydrogen-bond acceptors (Lipinski definition) is 7. The van der Waals surface area contributed by atoms with Crippen molar-refractivity contribution in [2.75, 3.05) is 11.1 Å². The fourth-order valence-electron chi connectivity index (χ4n) is 2.74. The average molecular weight is 456 g/mol. The highest BCUT2D eigenvalue weighted by Gasteiger charge is 2.17. The van der Waals surface area contributed by atoms with E-state index >= 15 is 0 Å². The molecular weight excluding hydrogens is 438 g/mol. The molecule has 0 aliphatic carbocycles. The fraction of sp³-hybridized carbons (Fsp3) is 0.143. The Labute approximate surface area is 187 Å². The quantitative estimate of drug-likeness (QED) is 0.390. The van der Waals surface area contributed by atoms with Crippen LogP contribution in [0.2, 0.25) is 5.02 Å². The van der Waals surface area contributed by atoms with Gasteiger partial charge in [0.25, 0.3) is 0 Å². The number of ether oxygens (including phenoxy) is 1. The lowest BCUT2D eigenvalue weighted by Crippen LogP contribution is -2.15. The van der Waals surface area contributed by atoms with Gasteiger partial charge in [-0.1, -0.05) is 46.7 Å². The van der Waals surface area contributed by atoms with Gasteiger partial charge in [-0.15, -0.1) is 10.2 Å². The van der Waals surface area contributed by atoms with Gasteiger partial charge in [-0.05, 0) is 43.3 Å². The van der Waals surface area contributed by atoms with E-state index in [0.29, 0.717) is 33.3 Å². The summed E-state index contributed by atoms with van der Waals surface area (Å²) >= 11 is 7.19. The Hall–Kier alpha value is -3.30. The van der Waals surface area contributed by atoms with E-state index in [1.54, 1.807) is 37.3 Å². The van der Waals surface area contributed by atoms with Gasteiger partial charge in [0.15, 0.2) is 16.8 Å². The normalized spacial score (nSPS) is 10.8. The third-order valence-electron chi connectivity index (χ3n) is 4.12. The van der Waals surface area contributed by atoms with Crippen LogP contribution in [0.25, 0.3) is 5.69 Å². The maximum Gasteiger partial charge on any atom is 0.236 e. The molecule has 0 aliphatic heterocycles. The first-order chi connectivity index (χ1) is 15.1. The largest absolute Gasteiger partial charge is 0.486 e. The Kier molecular flexibility index (Phi) is 6.54. The van der Waals surface area contributed by atoms with Gasteiger partial charge < -0.3 is 14.6 Å². The number of anilines is 1. The molecule has 31 heavy (non-hydrogen) atoms.